The number of carbonyl (C=O) groups is 6. The summed E-state index contributed by atoms with van der Waals surface area (Å²) in [6.45, 7) is 13.4. The Morgan fingerprint density at radius 1 is 0.397 bits per heavy atom. The SMILES string of the molecule is CC(C)OC(=O)C(CC(=O)c1ccccc1)(Nc1ccccc1)C(=O)OC(C)C.CC(C)OC(=O)C(CC(=O)c1ccccc1)(Nc1ccccc1)C(=O)OC(C)C. The van der Waals surface area contributed by atoms with Crippen molar-refractivity contribution in [2.24, 2.45) is 0 Å². The van der Waals surface area contributed by atoms with Crippen molar-refractivity contribution in [3.63, 3.8) is 0 Å². The first-order valence-corrected chi connectivity index (χ1v) is 19.2. The Morgan fingerprint density at radius 3 is 0.845 bits per heavy atom. The number of esters is 4. The van der Waals surface area contributed by atoms with Crippen molar-refractivity contribution < 1.29 is 47.7 Å². The van der Waals surface area contributed by atoms with Crippen molar-refractivity contribution in [2.45, 2.75) is 104 Å². The van der Waals surface area contributed by atoms with Crippen LogP contribution in [-0.2, 0) is 38.1 Å². The first-order chi connectivity index (χ1) is 27.5. The van der Waals surface area contributed by atoms with Gasteiger partial charge in [-0.3, -0.25) is 9.59 Å². The van der Waals surface area contributed by atoms with Crippen molar-refractivity contribution in [2.75, 3.05) is 10.6 Å². The number of rotatable bonds is 18. The van der Waals surface area contributed by atoms with Gasteiger partial charge < -0.3 is 29.6 Å². The lowest BCUT2D eigenvalue weighted by atomic mass is 9.89. The summed E-state index contributed by atoms with van der Waals surface area (Å²) in [6, 6.07) is 34.4. The van der Waals surface area contributed by atoms with Gasteiger partial charge in [-0.25, -0.2) is 19.2 Å². The van der Waals surface area contributed by atoms with Crippen molar-refractivity contribution in [1.29, 1.82) is 0 Å². The molecule has 58 heavy (non-hydrogen) atoms. The van der Waals surface area contributed by atoms with Gasteiger partial charge in [-0.05, 0) is 79.7 Å². The maximum atomic E-state index is 13.1. The van der Waals surface area contributed by atoms with Gasteiger partial charge in [0.2, 0.25) is 11.1 Å². The van der Waals surface area contributed by atoms with E-state index in [-0.39, 0.29) is 11.6 Å². The molecule has 0 aliphatic heterocycles. The van der Waals surface area contributed by atoms with E-state index in [0.29, 0.717) is 22.5 Å². The van der Waals surface area contributed by atoms with E-state index < -0.39 is 72.2 Å². The first kappa shape index (κ1) is 46.1. The summed E-state index contributed by atoms with van der Waals surface area (Å²) < 4.78 is 21.5. The highest BCUT2D eigenvalue weighted by molar-refractivity contribution is 6.14. The Hall–Kier alpha value is -6.30. The fraction of sp³-hybridized carbons (Fsp3) is 0.348. The molecule has 4 rings (SSSR count). The number of Topliss-reactive ketones (excluding diaryl/α,β-unsaturated/α-hetero) is 2. The molecule has 0 bridgehead atoms. The quantitative estimate of drug-likeness (QED) is 0.0432. The minimum atomic E-state index is -2.01. The lowest BCUT2D eigenvalue weighted by Gasteiger charge is -2.32. The van der Waals surface area contributed by atoms with E-state index in [0.717, 1.165) is 0 Å². The monoisotopic (exact) mass is 794 g/mol. The Balaban J connectivity index is 0.000000310. The Bertz CT molecular complexity index is 1760. The molecule has 0 unspecified atom stereocenters. The molecule has 0 aliphatic rings. The standard InChI is InChI=1S/2C23H27NO5/c2*1-16(2)28-21(26)23(22(27)29-17(3)4,24-19-13-9-6-10-14-19)15-20(25)18-11-7-5-8-12-18/h2*5-14,16-17,24H,15H2,1-4H3. The zero-order valence-electron chi connectivity index (χ0n) is 34.4. The van der Waals surface area contributed by atoms with Crippen LogP contribution in [0.3, 0.4) is 0 Å². The van der Waals surface area contributed by atoms with E-state index in [9.17, 15) is 28.8 Å². The summed E-state index contributed by atoms with van der Waals surface area (Å²) in [6.07, 6.45) is -2.78. The van der Waals surface area contributed by atoms with Gasteiger partial charge in [-0.15, -0.1) is 0 Å². The minimum absolute atomic E-state index is 0.379. The second kappa shape index (κ2) is 21.9. The van der Waals surface area contributed by atoms with Crippen molar-refractivity contribution in [3.05, 3.63) is 132 Å². The maximum Gasteiger partial charge on any atom is 0.344 e. The van der Waals surface area contributed by atoms with Gasteiger partial charge in [0.25, 0.3) is 0 Å². The van der Waals surface area contributed by atoms with Crippen molar-refractivity contribution in [3.8, 4) is 0 Å². The van der Waals surface area contributed by atoms with E-state index in [1.807, 2.05) is 0 Å². The Morgan fingerprint density at radius 2 is 0.621 bits per heavy atom. The predicted molar refractivity (Wildman–Crippen MR) is 221 cm³/mol. The molecule has 0 saturated heterocycles. The molecule has 0 atom stereocenters. The van der Waals surface area contributed by atoms with E-state index >= 15 is 0 Å². The molecule has 0 aromatic heterocycles. The molecular formula is C46H54N2O10. The topological polar surface area (TPSA) is 163 Å². The molecule has 12 nitrogen and oxygen atoms in total. The third-order valence-electron chi connectivity index (χ3n) is 8.07. The highest BCUT2D eigenvalue weighted by Gasteiger charge is 2.53. The van der Waals surface area contributed by atoms with E-state index in [1.165, 1.54) is 0 Å². The van der Waals surface area contributed by atoms with Crippen LogP contribution in [0.4, 0.5) is 11.4 Å². The lowest BCUT2D eigenvalue weighted by molar-refractivity contribution is -0.169. The van der Waals surface area contributed by atoms with Crippen molar-refractivity contribution in [1.82, 2.24) is 0 Å². The summed E-state index contributed by atoms with van der Waals surface area (Å²) in [5.74, 6) is -4.18. The molecule has 0 radical (unpaired) electrons. The number of benzene rings is 4. The fourth-order valence-electron chi connectivity index (χ4n) is 5.48. The molecule has 0 aliphatic carbocycles. The lowest BCUT2D eigenvalue weighted by Crippen LogP contribution is -2.57. The van der Waals surface area contributed by atoms with Crippen LogP contribution in [0.1, 0.15) is 88.9 Å². The van der Waals surface area contributed by atoms with Crippen LogP contribution >= 0.6 is 0 Å². The molecule has 308 valence electrons. The average molecular weight is 795 g/mol. The third-order valence-corrected chi connectivity index (χ3v) is 8.07. The number of hydrogen-bond donors (Lipinski definition) is 2. The fourth-order valence-corrected chi connectivity index (χ4v) is 5.48. The van der Waals surface area contributed by atoms with Crippen LogP contribution in [0.25, 0.3) is 0 Å². The second-order valence-electron chi connectivity index (χ2n) is 14.5. The van der Waals surface area contributed by atoms with E-state index in [2.05, 4.69) is 10.6 Å². The number of carbonyl (C=O) groups excluding carboxylic acids is 6. The number of ketones is 2. The molecule has 0 saturated carbocycles. The van der Waals surface area contributed by atoms with Crippen molar-refractivity contribution >= 4 is 46.8 Å². The summed E-state index contributed by atoms with van der Waals surface area (Å²) in [5.41, 5.74) is -2.25. The predicted octanol–water partition coefficient (Wildman–Crippen LogP) is 8.03. The number of nitrogens with one attached hydrogen (secondary N) is 2. The Labute approximate surface area is 340 Å². The van der Waals surface area contributed by atoms with Gasteiger partial charge in [0.15, 0.2) is 11.6 Å². The van der Waals surface area contributed by atoms with Gasteiger partial charge in [-0.1, -0.05) is 97.1 Å². The van der Waals surface area contributed by atoms with Crippen LogP contribution in [0, 0.1) is 0 Å². The van der Waals surface area contributed by atoms with Crippen LogP contribution in [0.2, 0.25) is 0 Å². The Kier molecular flexibility index (Phi) is 17.4. The van der Waals surface area contributed by atoms with Gasteiger partial charge in [0, 0.05) is 22.5 Å². The summed E-state index contributed by atoms with van der Waals surface area (Å²) in [7, 11) is 0. The zero-order valence-corrected chi connectivity index (χ0v) is 34.4. The molecule has 0 heterocycles. The number of ether oxygens (including phenoxy) is 4. The number of anilines is 2. The van der Waals surface area contributed by atoms with Crippen LogP contribution < -0.4 is 10.6 Å². The second-order valence-corrected chi connectivity index (χ2v) is 14.5. The highest BCUT2D eigenvalue weighted by atomic mass is 16.6. The molecule has 2 N–H and O–H groups in total. The van der Waals surface area contributed by atoms with Crippen LogP contribution in [0.5, 0.6) is 0 Å². The molecule has 12 heteroatoms. The summed E-state index contributed by atoms with van der Waals surface area (Å²) >= 11 is 0. The largest absolute Gasteiger partial charge is 0.461 e. The van der Waals surface area contributed by atoms with E-state index in [4.69, 9.17) is 18.9 Å². The number of para-hydroxylation sites is 2. The number of hydrogen-bond acceptors (Lipinski definition) is 12. The molecular weight excluding hydrogens is 741 g/mol. The first-order valence-electron chi connectivity index (χ1n) is 19.2. The smallest absolute Gasteiger partial charge is 0.344 e. The average Bonchev–Trinajstić information content (AvgIpc) is 3.17. The molecule has 0 fully saturated rings. The molecule has 4 aromatic carbocycles. The summed E-state index contributed by atoms with van der Waals surface area (Å²) in [5, 5.41) is 5.87. The summed E-state index contributed by atoms with van der Waals surface area (Å²) in [4.78, 5) is 78.5. The molecule has 4 aromatic rings. The maximum absolute atomic E-state index is 13.1. The van der Waals surface area contributed by atoms with E-state index in [1.54, 1.807) is 177 Å². The minimum Gasteiger partial charge on any atom is -0.461 e. The highest BCUT2D eigenvalue weighted by Crippen LogP contribution is 2.28. The molecule has 0 amide bonds. The zero-order chi connectivity index (χ0) is 42.9. The normalized spacial score (nSPS) is 11.2. The van der Waals surface area contributed by atoms with Gasteiger partial charge >= 0.3 is 23.9 Å². The van der Waals surface area contributed by atoms with Gasteiger partial charge in [0.05, 0.1) is 37.3 Å². The van der Waals surface area contributed by atoms with Gasteiger partial charge in [0.1, 0.15) is 0 Å². The van der Waals surface area contributed by atoms with Crippen LogP contribution in [0.15, 0.2) is 121 Å². The van der Waals surface area contributed by atoms with Gasteiger partial charge in [-0.2, -0.15) is 0 Å². The van der Waals surface area contributed by atoms with Crippen LogP contribution in [-0.4, -0.2) is 70.9 Å². The third kappa shape index (κ3) is 13.4. The molecule has 0 spiro atoms.